The Morgan fingerprint density at radius 2 is 1.89 bits per heavy atom. The number of carbonyl (C=O) groups excluding carboxylic acids is 2. The molecule has 0 radical (unpaired) electrons. The Kier molecular flexibility index (Phi) is 6.09. The molecule has 35 heavy (non-hydrogen) atoms. The molecule has 1 aliphatic rings. The molecular weight excluding hydrogens is 451 g/mol. The molecule has 178 valence electrons. The molecule has 0 unspecified atom stereocenters. The predicted molar refractivity (Wildman–Crippen MR) is 124 cm³/mol. The molecule has 0 atom stereocenters. The van der Waals surface area contributed by atoms with E-state index in [1.807, 2.05) is 34.9 Å². The largest absolute Gasteiger partial charge is 0.360 e. The molecule has 0 saturated heterocycles. The number of aryl methyl sites for hydroxylation is 1. The van der Waals surface area contributed by atoms with Gasteiger partial charge in [0, 0.05) is 37.2 Å². The Morgan fingerprint density at radius 3 is 2.69 bits per heavy atom. The van der Waals surface area contributed by atoms with Crippen LogP contribution in [0.3, 0.4) is 0 Å². The summed E-state index contributed by atoms with van der Waals surface area (Å²) in [5.74, 6) is 0.757. The van der Waals surface area contributed by atoms with Gasteiger partial charge in [0.25, 0.3) is 11.8 Å². The summed E-state index contributed by atoms with van der Waals surface area (Å²) < 4.78 is 20.7. The molecule has 2 aromatic heterocycles. The van der Waals surface area contributed by atoms with Gasteiger partial charge in [-0.2, -0.15) is 0 Å². The zero-order chi connectivity index (χ0) is 24.4. The lowest BCUT2D eigenvalue weighted by atomic mass is 10.1. The summed E-state index contributed by atoms with van der Waals surface area (Å²) in [6, 6.07) is 15.0. The zero-order valence-corrected chi connectivity index (χ0v) is 19.1. The molecule has 1 aliphatic heterocycles. The third kappa shape index (κ3) is 4.54. The minimum absolute atomic E-state index is 0.138. The molecule has 2 amide bonds. The van der Waals surface area contributed by atoms with Gasteiger partial charge in [-0.3, -0.25) is 9.59 Å². The number of nitrogens with zero attached hydrogens (tertiary/aromatic N) is 5. The number of halogens is 1. The minimum atomic E-state index is -0.475. The number of hydrogen-bond donors (Lipinski definition) is 1. The molecule has 0 aliphatic carbocycles. The maximum atomic E-state index is 13.5. The number of aromatic nitrogens is 4. The van der Waals surface area contributed by atoms with E-state index in [2.05, 4.69) is 20.7 Å². The van der Waals surface area contributed by atoms with Gasteiger partial charge in [0.05, 0.1) is 6.54 Å². The summed E-state index contributed by atoms with van der Waals surface area (Å²) in [4.78, 5) is 27.6. The summed E-state index contributed by atoms with van der Waals surface area (Å²) >= 11 is 0. The Labute approximate surface area is 200 Å². The molecule has 0 spiro atoms. The van der Waals surface area contributed by atoms with Crippen molar-refractivity contribution in [2.75, 3.05) is 13.1 Å². The quantitative estimate of drug-likeness (QED) is 0.477. The van der Waals surface area contributed by atoms with Crippen LogP contribution in [0.1, 0.15) is 38.1 Å². The fourth-order valence-corrected chi connectivity index (χ4v) is 4.18. The van der Waals surface area contributed by atoms with Gasteiger partial charge in [-0.25, -0.2) is 4.39 Å². The SMILES string of the molecule is Cc1onc(-c2ccccc2)c1C(=O)N1CCc2nnc(CNC(=O)c3cccc(F)c3)n2CC1. The summed E-state index contributed by atoms with van der Waals surface area (Å²) in [7, 11) is 0. The molecule has 5 rings (SSSR count). The Bertz CT molecular complexity index is 1380. The molecule has 0 saturated carbocycles. The zero-order valence-electron chi connectivity index (χ0n) is 19.1. The van der Waals surface area contributed by atoms with E-state index < -0.39 is 11.7 Å². The maximum Gasteiger partial charge on any atom is 0.259 e. The monoisotopic (exact) mass is 474 g/mol. The van der Waals surface area contributed by atoms with Crippen LogP contribution in [0.25, 0.3) is 11.3 Å². The Hall–Kier alpha value is -4.34. The van der Waals surface area contributed by atoms with Gasteiger partial charge < -0.3 is 19.3 Å². The third-order valence-electron chi connectivity index (χ3n) is 6.01. The van der Waals surface area contributed by atoms with Crippen molar-refractivity contribution in [2.24, 2.45) is 0 Å². The van der Waals surface area contributed by atoms with Gasteiger partial charge in [0.15, 0.2) is 5.82 Å². The van der Waals surface area contributed by atoms with Crippen molar-refractivity contribution >= 4 is 11.8 Å². The first-order chi connectivity index (χ1) is 17.0. The molecule has 2 aromatic carbocycles. The third-order valence-corrected chi connectivity index (χ3v) is 6.01. The van der Waals surface area contributed by atoms with E-state index in [0.29, 0.717) is 48.9 Å². The van der Waals surface area contributed by atoms with Crippen LogP contribution in [0.5, 0.6) is 0 Å². The van der Waals surface area contributed by atoms with Crippen molar-refractivity contribution in [1.29, 1.82) is 0 Å². The van der Waals surface area contributed by atoms with Gasteiger partial charge in [-0.05, 0) is 25.1 Å². The van der Waals surface area contributed by atoms with Gasteiger partial charge in [0.2, 0.25) is 0 Å². The molecule has 0 fully saturated rings. The maximum absolute atomic E-state index is 13.5. The van der Waals surface area contributed by atoms with Crippen LogP contribution in [0.15, 0.2) is 59.1 Å². The van der Waals surface area contributed by atoms with Gasteiger partial charge in [-0.1, -0.05) is 41.6 Å². The molecule has 4 aromatic rings. The van der Waals surface area contributed by atoms with Crippen LogP contribution in [-0.4, -0.2) is 49.7 Å². The second-order valence-corrected chi connectivity index (χ2v) is 8.25. The fraction of sp³-hybridized carbons (Fsp3) is 0.240. The average molecular weight is 474 g/mol. The van der Waals surface area contributed by atoms with Crippen LogP contribution < -0.4 is 5.32 Å². The van der Waals surface area contributed by atoms with Gasteiger partial charge >= 0.3 is 0 Å². The summed E-state index contributed by atoms with van der Waals surface area (Å²) in [5.41, 5.74) is 2.03. The van der Waals surface area contributed by atoms with Crippen molar-refractivity contribution in [3.05, 3.63) is 89.0 Å². The van der Waals surface area contributed by atoms with Crippen molar-refractivity contribution in [3.63, 3.8) is 0 Å². The van der Waals surface area contributed by atoms with Gasteiger partial charge in [0.1, 0.15) is 28.7 Å². The topological polar surface area (TPSA) is 106 Å². The van der Waals surface area contributed by atoms with E-state index >= 15 is 0 Å². The van der Waals surface area contributed by atoms with Crippen molar-refractivity contribution < 1.29 is 18.5 Å². The number of hydrogen-bond acceptors (Lipinski definition) is 6. The van der Waals surface area contributed by atoms with Crippen LogP contribution in [0, 0.1) is 12.7 Å². The highest BCUT2D eigenvalue weighted by Crippen LogP contribution is 2.27. The van der Waals surface area contributed by atoms with Crippen molar-refractivity contribution in [1.82, 2.24) is 30.1 Å². The summed E-state index contributed by atoms with van der Waals surface area (Å²) in [5, 5.41) is 15.3. The van der Waals surface area contributed by atoms with Crippen LogP contribution >= 0.6 is 0 Å². The predicted octanol–water partition coefficient (Wildman–Crippen LogP) is 3.01. The second kappa shape index (κ2) is 9.49. The molecular formula is C25H23FN6O3. The molecule has 0 bridgehead atoms. The van der Waals surface area contributed by atoms with Crippen LogP contribution in [0.2, 0.25) is 0 Å². The number of nitrogens with one attached hydrogen (secondary N) is 1. The number of amides is 2. The number of rotatable bonds is 5. The van der Waals surface area contributed by atoms with Crippen molar-refractivity contribution in [2.45, 2.75) is 26.4 Å². The first-order valence-electron chi connectivity index (χ1n) is 11.3. The van der Waals surface area contributed by atoms with E-state index in [0.717, 1.165) is 11.4 Å². The van der Waals surface area contributed by atoms with E-state index in [-0.39, 0.29) is 18.0 Å². The van der Waals surface area contributed by atoms with E-state index in [1.54, 1.807) is 17.9 Å². The van der Waals surface area contributed by atoms with Crippen LogP contribution in [0.4, 0.5) is 4.39 Å². The lowest BCUT2D eigenvalue weighted by Gasteiger charge is -2.20. The molecule has 10 heteroatoms. The van der Waals surface area contributed by atoms with Crippen LogP contribution in [-0.2, 0) is 19.5 Å². The molecule has 3 heterocycles. The first kappa shape index (κ1) is 22.5. The van der Waals surface area contributed by atoms with Crippen molar-refractivity contribution in [3.8, 4) is 11.3 Å². The normalized spacial score (nSPS) is 13.3. The highest BCUT2D eigenvalue weighted by molar-refractivity contribution is 6.00. The minimum Gasteiger partial charge on any atom is -0.360 e. The second-order valence-electron chi connectivity index (χ2n) is 8.25. The van der Waals surface area contributed by atoms with Gasteiger partial charge in [-0.15, -0.1) is 10.2 Å². The Morgan fingerprint density at radius 1 is 1.06 bits per heavy atom. The van der Waals surface area contributed by atoms with E-state index in [1.165, 1.54) is 18.2 Å². The Balaban J connectivity index is 1.29. The summed E-state index contributed by atoms with van der Waals surface area (Å²) in [6.07, 6.45) is 0.515. The lowest BCUT2D eigenvalue weighted by molar-refractivity contribution is 0.0757. The highest BCUT2D eigenvalue weighted by Gasteiger charge is 2.28. The van der Waals surface area contributed by atoms with E-state index in [4.69, 9.17) is 4.52 Å². The fourth-order valence-electron chi connectivity index (χ4n) is 4.18. The first-order valence-corrected chi connectivity index (χ1v) is 11.3. The highest BCUT2D eigenvalue weighted by atomic mass is 19.1. The summed E-state index contributed by atoms with van der Waals surface area (Å²) in [6.45, 7) is 3.25. The number of carbonyl (C=O) groups is 2. The molecule has 1 N–H and O–H groups in total. The number of fused-ring (bicyclic) bond motifs is 1. The average Bonchev–Trinajstić information content (AvgIpc) is 3.38. The number of benzene rings is 2. The van der Waals surface area contributed by atoms with E-state index in [9.17, 15) is 14.0 Å². The molecule has 9 nitrogen and oxygen atoms in total. The smallest absolute Gasteiger partial charge is 0.259 e. The standard InChI is InChI=1S/C25H23FN6O3/c1-16-22(23(30-35-16)17-6-3-2-4-7-17)25(34)31-11-10-20-28-29-21(32(20)13-12-31)15-27-24(33)18-8-5-9-19(26)14-18/h2-9,14H,10-13,15H2,1H3,(H,27,33). The lowest BCUT2D eigenvalue weighted by Crippen LogP contribution is -2.34.